The highest BCUT2D eigenvalue weighted by atomic mass is 16.8. The molecule has 0 aliphatic carbocycles. The van der Waals surface area contributed by atoms with E-state index in [4.69, 9.17) is 18.9 Å². The summed E-state index contributed by atoms with van der Waals surface area (Å²) < 4.78 is 29.2. The first kappa shape index (κ1) is 34.8. The van der Waals surface area contributed by atoms with Crippen LogP contribution in [0.1, 0.15) is 33.2 Å². The van der Waals surface area contributed by atoms with Crippen LogP contribution in [-0.4, -0.2) is 82.5 Å². The Hall–Kier alpha value is -5.07. The van der Waals surface area contributed by atoms with E-state index in [1.165, 1.54) is 0 Å². The van der Waals surface area contributed by atoms with Crippen LogP contribution >= 0.6 is 0 Å². The number of nitrogens with zero attached hydrogens (tertiary/aromatic N) is 7. The van der Waals surface area contributed by atoms with E-state index in [1.807, 2.05) is 68.6 Å². The zero-order valence-corrected chi connectivity index (χ0v) is 29.4. The van der Waals surface area contributed by atoms with Gasteiger partial charge in [0.2, 0.25) is 5.79 Å². The van der Waals surface area contributed by atoms with Gasteiger partial charge in [-0.25, -0.2) is 14.0 Å². The average molecular weight is 682 g/mol. The molecule has 12 heteroatoms. The minimum Gasteiger partial charge on any atom is -0.497 e. The Labute approximate surface area is 293 Å². The molecule has 0 radical (unpaired) electrons. The summed E-state index contributed by atoms with van der Waals surface area (Å²) in [5.74, 6) is 0.412. The van der Waals surface area contributed by atoms with Gasteiger partial charge in [-0.15, -0.1) is 0 Å². The van der Waals surface area contributed by atoms with Crippen molar-refractivity contribution in [1.29, 1.82) is 0 Å². The second-order valence-corrected chi connectivity index (χ2v) is 12.5. The van der Waals surface area contributed by atoms with Gasteiger partial charge in [-0.3, -0.25) is 4.68 Å². The minimum absolute atomic E-state index is 0.0676. The van der Waals surface area contributed by atoms with Crippen LogP contribution in [0.15, 0.2) is 114 Å². The largest absolute Gasteiger partial charge is 0.497 e. The summed E-state index contributed by atoms with van der Waals surface area (Å²) in [5.41, 5.74) is 3.67. The number of hydrogen-bond donors (Lipinski definition) is 0. The molecular formula is C38H47N7O5. The number of ether oxygens (including phenoxy) is 4. The Bertz CT molecular complexity index is 1820. The van der Waals surface area contributed by atoms with E-state index in [9.17, 15) is 4.79 Å². The third kappa shape index (κ3) is 7.71. The van der Waals surface area contributed by atoms with Crippen LogP contribution in [0.4, 0.5) is 11.4 Å². The number of hydrogen-bond acceptors (Lipinski definition) is 9. The van der Waals surface area contributed by atoms with Crippen molar-refractivity contribution in [3.63, 3.8) is 0 Å². The van der Waals surface area contributed by atoms with Gasteiger partial charge in [-0.1, -0.05) is 19.6 Å². The molecule has 12 nitrogen and oxygen atoms in total. The number of methoxy groups -OCH3 is 1. The fourth-order valence-corrected chi connectivity index (χ4v) is 6.16. The second-order valence-electron chi connectivity index (χ2n) is 12.5. The normalized spacial score (nSPS) is 20.4. The van der Waals surface area contributed by atoms with Crippen molar-refractivity contribution < 1.29 is 18.9 Å². The fraction of sp³-hybridized carbons (Fsp3) is 0.395. The molecule has 0 bridgehead atoms. The Kier molecular flexibility index (Phi) is 10.9. The lowest BCUT2D eigenvalue weighted by molar-refractivity contribution is -0.149. The van der Waals surface area contributed by atoms with E-state index in [0.717, 1.165) is 61.2 Å². The molecule has 4 aromatic rings. The monoisotopic (exact) mass is 681 g/mol. The van der Waals surface area contributed by atoms with E-state index in [0.29, 0.717) is 25.3 Å². The van der Waals surface area contributed by atoms with Crippen LogP contribution < -0.4 is 20.2 Å². The Morgan fingerprint density at radius 3 is 2.28 bits per heavy atom. The van der Waals surface area contributed by atoms with Crippen LogP contribution in [0.2, 0.25) is 0 Å². The van der Waals surface area contributed by atoms with Crippen LogP contribution in [0.5, 0.6) is 5.75 Å². The highest BCUT2D eigenvalue weighted by Gasteiger charge is 2.44. The van der Waals surface area contributed by atoms with E-state index in [2.05, 4.69) is 57.8 Å². The number of aromatic nitrogens is 5. The molecule has 2 aliphatic heterocycles. The number of benzene rings is 2. The van der Waals surface area contributed by atoms with Gasteiger partial charge in [0.25, 0.3) is 0 Å². The zero-order valence-electron chi connectivity index (χ0n) is 29.4. The number of anilines is 2. The molecule has 2 aromatic carbocycles. The van der Waals surface area contributed by atoms with Gasteiger partial charge in [0.05, 0.1) is 32.0 Å². The molecule has 6 rings (SSSR count). The molecular weight excluding hydrogens is 634 g/mol. The summed E-state index contributed by atoms with van der Waals surface area (Å²) in [7, 11) is 1.63. The van der Waals surface area contributed by atoms with Gasteiger partial charge in [0, 0.05) is 55.5 Å². The van der Waals surface area contributed by atoms with Crippen molar-refractivity contribution in [3.8, 4) is 11.4 Å². The molecule has 1 unspecified atom stereocenters. The molecule has 0 N–H and O–H groups in total. The topological polar surface area (TPSA) is 101 Å². The first-order chi connectivity index (χ1) is 24.3. The molecule has 3 atom stereocenters. The van der Waals surface area contributed by atoms with Crippen LogP contribution in [0.3, 0.4) is 0 Å². The first-order valence-electron chi connectivity index (χ1n) is 17.2. The lowest BCUT2D eigenvalue weighted by Gasteiger charge is -2.37. The summed E-state index contributed by atoms with van der Waals surface area (Å²) >= 11 is 0. The van der Waals surface area contributed by atoms with Gasteiger partial charge in [-0.2, -0.15) is 10.2 Å². The maximum Gasteiger partial charge on any atom is 0.350 e. The third-order valence-electron chi connectivity index (χ3n) is 9.36. The van der Waals surface area contributed by atoms with Crippen molar-refractivity contribution in [1.82, 2.24) is 24.1 Å². The molecule has 0 amide bonds. The van der Waals surface area contributed by atoms with Crippen LogP contribution in [0.25, 0.3) is 5.69 Å². The number of rotatable bonds is 14. The van der Waals surface area contributed by atoms with Gasteiger partial charge >= 0.3 is 5.69 Å². The SMILES string of the molecule is C=C(/C=C\C(=C/C)OC)[C@]1(Cn2cccn2)OC[C@@H](COc2ccc(N3CCN(c4ccc(-n5cnn(C(C)CC)c5=O)cc4)CC3)cc2)O1. The van der Waals surface area contributed by atoms with Crippen molar-refractivity contribution in [2.75, 3.05) is 56.3 Å². The molecule has 4 heterocycles. The summed E-state index contributed by atoms with van der Waals surface area (Å²) in [6.07, 6.45) is 11.3. The van der Waals surface area contributed by atoms with Gasteiger partial charge in [0.15, 0.2) is 0 Å². The summed E-state index contributed by atoms with van der Waals surface area (Å²) in [6.45, 7) is 14.9. The Morgan fingerprint density at radius 2 is 1.68 bits per heavy atom. The lowest BCUT2D eigenvalue weighted by Crippen LogP contribution is -2.46. The van der Waals surface area contributed by atoms with Gasteiger partial charge in [0.1, 0.15) is 30.5 Å². The molecule has 2 aromatic heterocycles. The average Bonchev–Trinajstić information content (AvgIpc) is 3.92. The molecule has 2 aliphatic rings. The van der Waals surface area contributed by atoms with E-state index < -0.39 is 5.79 Å². The number of allylic oxidation sites excluding steroid dienone is 2. The summed E-state index contributed by atoms with van der Waals surface area (Å²) in [5, 5.41) is 8.65. The standard InChI is InChI=1S/C38H47N7O5/c1-6-30(4)45-37(46)44(28-40-45)33-12-10-31(11-13-33)41-21-23-42(24-22-41)32-14-17-35(18-15-32)48-25-36-26-49-38(50-36,27-43-20-8-19-39-43)29(3)9-16-34(7-2)47-5/h7-20,28,30,36H,3,6,21-27H2,1-2,4-5H3/b16-9-,34-7+/t30?,36-,38-/m1/s1. The molecule has 0 spiro atoms. The second kappa shape index (κ2) is 15.6. The maximum atomic E-state index is 12.8. The maximum absolute atomic E-state index is 12.8. The Balaban J connectivity index is 1.00. The van der Waals surface area contributed by atoms with Crippen LogP contribution in [0, 0.1) is 0 Å². The molecule has 50 heavy (non-hydrogen) atoms. The summed E-state index contributed by atoms with van der Waals surface area (Å²) in [4.78, 5) is 17.6. The highest BCUT2D eigenvalue weighted by Crippen LogP contribution is 2.34. The third-order valence-corrected chi connectivity index (χ3v) is 9.36. The van der Waals surface area contributed by atoms with E-state index >= 15 is 0 Å². The molecule has 2 fully saturated rings. The van der Waals surface area contributed by atoms with Crippen molar-refractivity contribution in [2.45, 2.75) is 51.7 Å². The molecule has 2 saturated heterocycles. The highest BCUT2D eigenvalue weighted by molar-refractivity contribution is 5.54. The quantitative estimate of drug-likeness (QED) is 0.128. The predicted molar refractivity (Wildman–Crippen MR) is 194 cm³/mol. The van der Waals surface area contributed by atoms with Crippen molar-refractivity contribution in [2.24, 2.45) is 0 Å². The Morgan fingerprint density at radius 1 is 1.02 bits per heavy atom. The van der Waals surface area contributed by atoms with Crippen molar-refractivity contribution in [3.05, 3.63) is 120 Å². The van der Waals surface area contributed by atoms with Gasteiger partial charge < -0.3 is 28.7 Å². The van der Waals surface area contributed by atoms with Crippen molar-refractivity contribution >= 4 is 11.4 Å². The van der Waals surface area contributed by atoms with E-state index in [-0.39, 0.29) is 17.8 Å². The molecule has 0 saturated carbocycles. The van der Waals surface area contributed by atoms with E-state index in [1.54, 1.807) is 33.6 Å². The summed E-state index contributed by atoms with van der Waals surface area (Å²) in [6, 6.07) is 18.3. The lowest BCUT2D eigenvalue weighted by atomic mass is 10.1. The first-order valence-corrected chi connectivity index (χ1v) is 17.2. The molecule has 264 valence electrons. The van der Waals surface area contributed by atoms with Crippen LogP contribution in [-0.2, 0) is 20.8 Å². The fourth-order valence-electron chi connectivity index (χ4n) is 6.16. The minimum atomic E-state index is -1.08. The predicted octanol–water partition coefficient (Wildman–Crippen LogP) is 5.38. The van der Waals surface area contributed by atoms with Gasteiger partial charge in [-0.05, 0) is 87.0 Å². The number of piperazine rings is 1. The zero-order chi connectivity index (χ0) is 35.1. The smallest absolute Gasteiger partial charge is 0.350 e.